The highest BCUT2D eigenvalue weighted by atomic mass is 35.5. The van der Waals surface area contributed by atoms with Crippen molar-refractivity contribution in [2.24, 2.45) is 0 Å². The number of pyridine rings is 1. The summed E-state index contributed by atoms with van der Waals surface area (Å²) in [6.45, 7) is 5.00. The smallest absolute Gasteiger partial charge is 0.405 e. The van der Waals surface area contributed by atoms with E-state index in [4.69, 9.17) is 28.3 Å². The van der Waals surface area contributed by atoms with Gasteiger partial charge in [-0.3, -0.25) is 0 Å². The van der Waals surface area contributed by atoms with Crippen LogP contribution >= 0.6 is 23.2 Å². The van der Waals surface area contributed by atoms with Gasteiger partial charge in [-0.25, -0.2) is 9.78 Å². The van der Waals surface area contributed by atoms with Crippen LogP contribution in [-0.2, 0) is 6.61 Å². The molecule has 1 aliphatic heterocycles. The number of aliphatic hydroxyl groups excluding tert-OH is 1. The van der Waals surface area contributed by atoms with Crippen molar-refractivity contribution in [3.05, 3.63) is 45.6 Å². The third-order valence-corrected chi connectivity index (χ3v) is 6.06. The third-order valence-electron chi connectivity index (χ3n) is 5.24. The summed E-state index contributed by atoms with van der Waals surface area (Å²) in [5.74, 6) is 0. The molecule has 0 bridgehead atoms. The molecule has 0 spiro atoms. The highest BCUT2D eigenvalue weighted by Gasteiger charge is 2.32. The SMILES string of the molecule is Cc1cc(N2CCC(C)(NC(=O)O)CC2)c(CO)nc1-c1cccc(Cl)c1Cl. The van der Waals surface area contributed by atoms with Gasteiger partial charge in [-0.2, -0.15) is 0 Å². The molecule has 1 aromatic carbocycles. The number of nitrogens with zero attached hydrogens (tertiary/aromatic N) is 2. The highest BCUT2D eigenvalue weighted by Crippen LogP contribution is 2.37. The number of carboxylic acid groups (broad SMARTS) is 1. The summed E-state index contributed by atoms with van der Waals surface area (Å²) in [6.07, 6.45) is 0.336. The predicted molar refractivity (Wildman–Crippen MR) is 111 cm³/mol. The molecule has 0 atom stereocenters. The number of halogens is 2. The van der Waals surface area contributed by atoms with Crippen LogP contribution in [0.4, 0.5) is 10.5 Å². The van der Waals surface area contributed by atoms with Crippen LogP contribution < -0.4 is 10.2 Å². The van der Waals surface area contributed by atoms with Crippen LogP contribution in [0.1, 0.15) is 31.0 Å². The molecule has 1 amide bonds. The number of benzene rings is 1. The van der Waals surface area contributed by atoms with Crippen LogP contribution in [0.15, 0.2) is 24.3 Å². The lowest BCUT2D eigenvalue weighted by molar-refractivity contribution is 0.173. The molecular weight excluding hydrogens is 401 g/mol. The van der Waals surface area contributed by atoms with Crippen LogP contribution in [0.3, 0.4) is 0 Å². The number of rotatable bonds is 4. The van der Waals surface area contributed by atoms with E-state index >= 15 is 0 Å². The first kappa shape index (κ1) is 20.7. The van der Waals surface area contributed by atoms with E-state index in [-0.39, 0.29) is 6.61 Å². The van der Waals surface area contributed by atoms with Gasteiger partial charge in [0.25, 0.3) is 0 Å². The van der Waals surface area contributed by atoms with Crippen molar-refractivity contribution >= 4 is 35.0 Å². The van der Waals surface area contributed by atoms with Crippen molar-refractivity contribution in [2.75, 3.05) is 18.0 Å². The van der Waals surface area contributed by atoms with Crippen molar-refractivity contribution in [3.63, 3.8) is 0 Å². The summed E-state index contributed by atoms with van der Waals surface area (Å²) in [6, 6.07) is 7.39. The molecule has 150 valence electrons. The van der Waals surface area contributed by atoms with Gasteiger partial charge in [0.15, 0.2) is 0 Å². The van der Waals surface area contributed by atoms with E-state index in [1.807, 2.05) is 32.0 Å². The minimum Gasteiger partial charge on any atom is -0.465 e. The first-order valence-corrected chi connectivity index (χ1v) is 9.81. The van der Waals surface area contributed by atoms with Crippen molar-refractivity contribution in [1.29, 1.82) is 0 Å². The van der Waals surface area contributed by atoms with Crippen molar-refractivity contribution in [3.8, 4) is 11.3 Å². The van der Waals surface area contributed by atoms with Crippen LogP contribution in [0.25, 0.3) is 11.3 Å². The quantitative estimate of drug-likeness (QED) is 0.674. The molecule has 28 heavy (non-hydrogen) atoms. The van der Waals surface area contributed by atoms with Crippen molar-refractivity contribution < 1.29 is 15.0 Å². The second kappa shape index (κ2) is 8.15. The average molecular weight is 424 g/mol. The lowest BCUT2D eigenvalue weighted by Crippen LogP contribution is -2.53. The number of aliphatic hydroxyl groups is 1. The predicted octanol–water partition coefficient (Wildman–Crippen LogP) is 4.48. The lowest BCUT2D eigenvalue weighted by atomic mass is 9.89. The molecule has 1 saturated heterocycles. The molecule has 6 nitrogen and oxygen atoms in total. The van der Waals surface area contributed by atoms with Gasteiger partial charge < -0.3 is 20.4 Å². The minimum atomic E-state index is -1.01. The van der Waals surface area contributed by atoms with Gasteiger partial charge in [-0.1, -0.05) is 35.3 Å². The number of nitrogens with one attached hydrogen (secondary N) is 1. The monoisotopic (exact) mass is 423 g/mol. The second-order valence-electron chi connectivity index (χ2n) is 7.36. The van der Waals surface area contributed by atoms with E-state index in [9.17, 15) is 9.90 Å². The molecule has 1 fully saturated rings. The Morgan fingerprint density at radius 1 is 1.32 bits per heavy atom. The third kappa shape index (κ3) is 4.19. The largest absolute Gasteiger partial charge is 0.465 e. The van der Waals surface area contributed by atoms with E-state index < -0.39 is 11.6 Å². The summed E-state index contributed by atoms with van der Waals surface area (Å²) in [7, 11) is 0. The fourth-order valence-electron chi connectivity index (χ4n) is 3.61. The van der Waals surface area contributed by atoms with Crippen molar-refractivity contribution in [2.45, 2.75) is 38.8 Å². The summed E-state index contributed by atoms with van der Waals surface area (Å²) < 4.78 is 0. The molecule has 3 N–H and O–H groups in total. The first-order valence-electron chi connectivity index (χ1n) is 9.06. The highest BCUT2D eigenvalue weighted by molar-refractivity contribution is 6.43. The van der Waals surface area contributed by atoms with Gasteiger partial charge in [0.2, 0.25) is 0 Å². The molecule has 1 aromatic heterocycles. The Morgan fingerprint density at radius 2 is 2.00 bits per heavy atom. The van der Waals surface area contributed by atoms with Crippen LogP contribution in [0.2, 0.25) is 10.0 Å². The van der Waals surface area contributed by atoms with Crippen LogP contribution in [0.5, 0.6) is 0 Å². The van der Waals surface area contributed by atoms with E-state index in [1.54, 1.807) is 6.07 Å². The molecule has 8 heteroatoms. The number of aromatic nitrogens is 1. The van der Waals surface area contributed by atoms with Gasteiger partial charge in [-0.05, 0) is 44.4 Å². The lowest BCUT2D eigenvalue weighted by Gasteiger charge is -2.40. The van der Waals surface area contributed by atoms with E-state index in [2.05, 4.69) is 15.2 Å². The normalized spacial score (nSPS) is 16.1. The van der Waals surface area contributed by atoms with E-state index in [0.717, 1.165) is 16.8 Å². The summed E-state index contributed by atoms with van der Waals surface area (Å²) in [5, 5.41) is 22.4. The molecule has 0 unspecified atom stereocenters. The molecule has 1 aliphatic rings. The number of piperidine rings is 1. The average Bonchev–Trinajstić information content (AvgIpc) is 2.64. The molecule has 0 aliphatic carbocycles. The zero-order valence-electron chi connectivity index (χ0n) is 15.8. The number of aryl methyl sites for hydroxylation is 1. The van der Waals surface area contributed by atoms with Crippen LogP contribution in [0, 0.1) is 6.92 Å². The second-order valence-corrected chi connectivity index (χ2v) is 8.14. The van der Waals surface area contributed by atoms with Crippen molar-refractivity contribution in [1.82, 2.24) is 10.3 Å². The Bertz CT molecular complexity index is 897. The molecule has 0 radical (unpaired) electrons. The summed E-state index contributed by atoms with van der Waals surface area (Å²) >= 11 is 12.5. The van der Waals surface area contributed by atoms with Gasteiger partial charge in [0.1, 0.15) is 0 Å². The number of hydrogen-bond donors (Lipinski definition) is 3. The molecule has 3 rings (SSSR count). The Labute approximate surface area is 174 Å². The number of amides is 1. The van der Waals surface area contributed by atoms with E-state index in [1.165, 1.54) is 0 Å². The van der Waals surface area contributed by atoms with Gasteiger partial charge >= 0.3 is 6.09 Å². The molecule has 0 saturated carbocycles. The fourth-order valence-corrected chi connectivity index (χ4v) is 4.00. The number of anilines is 1. The zero-order chi connectivity index (χ0) is 20.5. The Morgan fingerprint density at radius 3 is 2.61 bits per heavy atom. The Balaban J connectivity index is 1.91. The van der Waals surface area contributed by atoms with Gasteiger partial charge in [-0.15, -0.1) is 0 Å². The molecule has 2 heterocycles. The minimum absolute atomic E-state index is 0.206. The first-order chi connectivity index (χ1) is 13.2. The molecule has 2 aromatic rings. The zero-order valence-corrected chi connectivity index (χ0v) is 17.3. The van der Waals surface area contributed by atoms with Crippen LogP contribution in [-0.4, -0.2) is 39.9 Å². The topological polar surface area (TPSA) is 85.7 Å². The maximum atomic E-state index is 11.0. The van der Waals surface area contributed by atoms with Gasteiger partial charge in [0, 0.05) is 24.2 Å². The fraction of sp³-hybridized carbons (Fsp3) is 0.400. The number of carbonyl (C=O) groups is 1. The maximum Gasteiger partial charge on any atom is 0.405 e. The van der Waals surface area contributed by atoms with Gasteiger partial charge in [0.05, 0.1) is 33.7 Å². The standard InChI is InChI=1S/C20H23Cl2N3O3/c1-12-10-16(25-8-6-20(2,7-9-25)24-19(27)28)15(11-26)23-18(12)13-4-3-5-14(21)17(13)22/h3-5,10,24,26H,6-9,11H2,1-2H3,(H,27,28). The summed E-state index contributed by atoms with van der Waals surface area (Å²) in [4.78, 5) is 17.8. The summed E-state index contributed by atoms with van der Waals surface area (Å²) in [5.41, 5.74) is 3.32. The Hall–Kier alpha value is -2.02. The Kier molecular flexibility index (Phi) is 6.03. The van der Waals surface area contributed by atoms with E-state index in [0.29, 0.717) is 47.4 Å². The number of hydrogen-bond acceptors (Lipinski definition) is 4. The maximum absolute atomic E-state index is 11.0. The molecular formula is C20H23Cl2N3O3.